The van der Waals surface area contributed by atoms with Crippen LogP contribution in [-0.4, -0.2) is 140 Å². The molecule has 0 unspecified atom stereocenters. The summed E-state index contributed by atoms with van der Waals surface area (Å²) in [5.41, 5.74) is 4.68. The molecule has 2 fully saturated rings. The molecule has 2 amide bonds. The molecule has 2 saturated heterocycles. The molecule has 2 aliphatic heterocycles. The Kier molecular flexibility index (Phi) is 22.1. The highest BCUT2D eigenvalue weighted by atomic mass is 127. The highest BCUT2D eigenvalue weighted by molar-refractivity contribution is 14.0. The molecule has 4 aromatic heterocycles. The van der Waals surface area contributed by atoms with Crippen LogP contribution in [0.3, 0.4) is 0 Å². The Morgan fingerprint density at radius 2 is 1.13 bits per heavy atom. The number of β-amino-alcohol motifs (C(OH)–C–C–N with tert-alkyl or cyclic N) is 2. The fourth-order valence-electron chi connectivity index (χ4n) is 7.20. The summed E-state index contributed by atoms with van der Waals surface area (Å²) in [6.07, 6.45) is 4.17. The van der Waals surface area contributed by atoms with Crippen molar-refractivity contribution in [1.82, 2.24) is 45.0 Å². The summed E-state index contributed by atoms with van der Waals surface area (Å²) in [7, 11) is 0. The highest BCUT2D eigenvalue weighted by Gasteiger charge is 2.20. The van der Waals surface area contributed by atoms with Crippen LogP contribution in [0.4, 0.5) is 17.2 Å². The normalized spacial score (nSPS) is 13.9. The van der Waals surface area contributed by atoms with Gasteiger partial charge in [0.25, 0.3) is 11.8 Å². The fraction of sp³-hybridized carbons (Fsp3) is 0.391. The van der Waals surface area contributed by atoms with E-state index >= 15 is 0 Å². The third-order valence-electron chi connectivity index (χ3n) is 10.6. The number of para-hydroxylation sites is 2. The SMILES string of the molecule is Cc1nc(Cc2ncc(C(=O)Nc3c(C)cccc3Cl)s2)cc(N2CCN(CCO)CC2)n1.Cc1nc(Cl)cc(Cc2ncc(C(=O)Nc3c(C)cccc3Cl)s2)n1.I.OCCN1CCNCC1. The quantitative estimate of drug-likeness (QED) is 0.0568. The number of carbonyl (C=O) groups is 2. The summed E-state index contributed by atoms with van der Waals surface area (Å²) in [6.45, 7) is 17.3. The molecule has 2 aliphatic rings. The van der Waals surface area contributed by atoms with Gasteiger partial charge in [-0.05, 0) is 57.0 Å². The third-order valence-corrected chi connectivity index (χ3v) is 13.4. The Labute approximate surface area is 437 Å². The van der Waals surface area contributed by atoms with Crippen molar-refractivity contribution in [1.29, 1.82) is 0 Å². The van der Waals surface area contributed by atoms with E-state index in [1.165, 1.54) is 22.7 Å². The lowest BCUT2D eigenvalue weighted by Gasteiger charge is -2.35. The van der Waals surface area contributed by atoms with Crippen molar-refractivity contribution >= 4 is 110 Å². The van der Waals surface area contributed by atoms with Gasteiger partial charge in [0.15, 0.2) is 0 Å². The first-order chi connectivity index (χ1) is 32.3. The second-order valence-electron chi connectivity index (χ2n) is 15.7. The number of aliphatic hydroxyl groups is 2. The Bertz CT molecular complexity index is 2530. The number of nitrogens with zero attached hydrogens (tertiary/aromatic N) is 9. The molecule has 2 aromatic carbocycles. The molecule has 0 spiro atoms. The second kappa shape index (κ2) is 27.4. The molecule has 0 atom stereocenters. The average molecular weight is 1140 g/mol. The minimum atomic E-state index is -0.239. The number of aromatic nitrogens is 6. The second-order valence-corrected chi connectivity index (χ2v) is 19.2. The Balaban J connectivity index is 0.000000217. The highest BCUT2D eigenvalue weighted by Crippen LogP contribution is 2.29. The van der Waals surface area contributed by atoms with Gasteiger partial charge in [-0.25, -0.2) is 29.9 Å². The predicted molar refractivity (Wildman–Crippen MR) is 284 cm³/mol. The number of halogens is 4. The van der Waals surface area contributed by atoms with Crippen molar-refractivity contribution in [2.75, 3.05) is 94.2 Å². The molecule has 68 heavy (non-hydrogen) atoms. The molecule has 0 radical (unpaired) electrons. The number of amides is 2. The van der Waals surface area contributed by atoms with E-state index in [1.807, 2.05) is 51.1 Å². The van der Waals surface area contributed by atoms with E-state index in [9.17, 15) is 9.59 Å². The van der Waals surface area contributed by atoms with E-state index in [0.29, 0.717) is 74.0 Å². The Hall–Kier alpha value is -4.00. The average Bonchev–Trinajstić information content (AvgIpc) is 3.97. The summed E-state index contributed by atoms with van der Waals surface area (Å²) < 4.78 is 0. The summed E-state index contributed by atoms with van der Waals surface area (Å²) in [6, 6.07) is 14.7. The number of hydrogen-bond acceptors (Lipinski definition) is 16. The monoisotopic (exact) mass is 1140 g/mol. The molecule has 0 aliphatic carbocycles. The van der Waals surface area contributed by atoms with E-state index in [1.54, 1.807) is 37.5 Å². The van der Waals surface area contributed by atoms with Crippen LogP contribution in [-0.2, 0) is 12.8 Å². The van der Waals surface area contributed by atoms with Crippen molar-refractivity contribution in [3.63, 3.8) is 0 Å². The van der Waals surface area contributed by atoms with Gasteiger partial charge in [0.05, 0.1) is 68.4 Å². The molecule has 16 nitrogen and oxygen atoms in total. The molecular weight excluding hydrogens is 1080 g/mol. The number of benzene rings is 2. The standard InChI is InChI=1S/C23H27ClN6O2S.C17H14Cl2N4OS.C6H14N2O.HI/c1-15-4-3-5-18(24)22(15)28-23(32)19-14-25-21(33-19)13-17-12-20(27-16(2)26-17)30-8-6-29(7-9-30)10-11-31;1-9-4-3-5-12(18)16(9)23-17(24)13-8-20-15(25-13)7-11-6-14(19)22-10(2)21-11;9-6-5-8-3-1-7-2-4-8;/h3-5,12,14,31H,6-11,13H2,1-2H3,(H,28,32);3-6,8H,7H2,1-2H3,(H,23,24);7,9H,1-6H2;1H. The molecule has 0 bridgehead atoms. The van der Waals surface area contributed by atoms with Crippen LogP contribution in [0, 0.1) is 27.7 Å². The number of hydrogen-bond donors (Lipinski definition) is 5. The van der Waals surface area contributed by atoms with Gasteiger partial charge in [0.1, 0.15) is 32.4 Å². The third kappa shape index (κ3) is 16.6. The van der Waals surface area contributed by atoms with Gasteiger partial charge in [-0.3, -0.25) is 19.4 Å². The van der Waals surface area contributed by atoms with Crippen LogP contribution in [0.5, 0.6) is 0 Å². The number of aliphatic hydroxyl groups excluding tert-OH is 2. The van der Waals surface area contributed by atoms with Gasteiger partial charge in [-0.1, -0.05) is 59.1 Å². The molecule has 364 valence electrons. The smallest absolute Gasteiger partial charge is 0.267 e. The number of piperazine rings is 2. The molecule has 22 heteroatoms. The molecule has 0 saturated carbocycles. The van der Waals surface area contributed by atoms with Crippen molar-refractivity contribution in [2.45, 2.75) is 40.5 Å². The number of anilines is 3. The number of carbonyl (C=O) groups excluding carboxylic acids is 2. The number of nitrogens with one attached hydrogen (secondary N) is 3. The maximum atomic E-state index is 12.7. The zero-order chi connectivity index (χ0) is 47.9. The van der Waals surface area contributed by atoms with Crippen LogP contribution in [0.2, 0.25) is 15.2 Å². The Morgan fingerprint density at radius 1 is 0.662 bits per heavy atom. The predicted octanol–water partition coefficient (Wildman–Crippen LogP) is 7.36. The number of aryl methyl sites for hydroxylation is 4. The van der Waals surface area contributed by atoms with Gasteiger partial charge in [0.2, 0.25) is 0 Å². The van der Waals surface area contributed by atoms with Crippen LogP contribution in [0.1, 0.15) is 63.5 Å². The Morgan fingerprint density at radius 3 is 1.60 bits per heavy atom. The summed E-state index contributed by atoms with van der Waals surface area (Å²) in [4.78, 5) is 59.3. The van der Waals surface area contributed by atoms with Crippen LogP contribution in [0.15, 0.2) is 60.9 Å². The lowest BCUT2D eigenvalue weighted by Crippen LogP contribution is -2.47. The topological polar surface area (TPSA) is 198 Å². The number of thiazole rings is 2. The molecule has 6 aromatic rings. The zero-order valence-corrected chi connectivity index (χ0v) is 44.5. The van der Waals surface area contributed by atoms with E-state index < -0.39 is 0 Å². The first kappa shape index (κ1) is 54.9. The van der Waals surface area contributed by atoms with Crippen LogP contribution < -0.4 is 20.9 Å². The van der Waals surface area contributed by atoms with E-state index in [2.05, 4.69) is 60.6 Å². The van der Waals surface area contributed by atoms with Crippen molar-refractivity contribution in [3.8, 4) is 0 Å². The van der Waals surface area contributed by atoms with Crippen molar-refractivity contribution in [2.24, 2.45) is 0 Å². The minimum absolute atomic E-state index is 0. The maximum Gasteiger partial charge on any atom is 0.267 e. The van der Waals surface area contributed by atoms with Gasteiger partial charge in [-0.2, -0.15) is 0 Å². The van der Waals surface area contributed by atoms with Crippen LogP contribution >= 0.6 is 81.5 Å². The van der Waals surface area contributed by atoms with Gasteiger partial charge in [0, 0.05) is 84.4 Å². The minimum Gasteiger partial charge on any atom is -0.395 e. The summed E-state index contributed by atoms with van der Waals surface area (Å²) in [5, 5.41) is 29.7. The summed E-state index contributed by atoms with van der Waals surface area (Å²) >= 11 is 21.0. The van der Waals surface area contributed by atoms with E-state index in [4.69, 9.17) is 45.0 Å². The molecule has 6 heterocycles. The first-order valence-electron chi connectivity index (χ1n) is 21.8. The maximum absolute atomic E-state index is 12.7. The van der Waals surface area contributed by atoms with Crippen molar-refractivity contribution < 1.29 is 19.8 Å². The first-order valence-corrected chi connectivity index (χ1v) is 24.5. The van der Waals surface area contributed by atoms with Crippen LogP contribution in [0.25, 0.3) is 0 Å². The van der Waals surface area contributed by atoms with Gasteiger partial charge < -0.3 is 31.1 Å². The number of rotatable bonds is 13. The van der Waals surface area contributed by atoms with Gasteiger partial charge >= 0.3 is 0 Å². The zero-order valence-electron chi connectivity index (χ0n) is 38.3. The molecule has 5 N–H and O–H groups in total. The molecule has 8 rings (SSSR count). The van der Waals surface area contributed by atoms with E-state index in [0.717, 1.165) is 97.3 Å². The van der Waals surface area contributed by atoms with Gasteiger partial charge in [-0.15, -0.1) is 46.7 Å². The van der Waals surface area contributed by atoms with E-state index in [-0.39, 0.29) is 42.4 Å². The molecular formula is C46H56Cl3IN12O4S2. The summed E-state index contributed by atoms with van der Waals surface area (Å²) in [5.74, 6) is 1.76. The van der Waals surface area contributed by atoms with Crippen molar-refractivity contribution in [3.05, 3.63) is 130 Å². The lowest BCUT2D eigenvalue weighted by molar-refractivity contribution is 0.102. The lowest BCUT2D eigenvalue weighted by atomic mass is 10.2. The largest absolute Gasteiger partial charge is 0.395 e. The fourth-order valence-corrected chi connectivity index (χ4v) is 9.64.